The highest BCUT2D eigenvalue weighted by Crippen LogP contribution is 2.39. The summed E-state index contributed by atoms with van der Waals surface area (Å²) in [5, 5.41) is 0. The third-order valence-electron chi connectivity index (χ3n) is 8.28. The number of benzene rings is 2. The molecule has 3 aliphatic rings. The molecule has 0 bridgehead atoms. The van der Waals surface area contributed by atoms with Gasteiger partial charge in [-0.05, 0) is 55.7 Å². The van der Waals surface area contributed by atoms with Gasteiger partial charge in [0.2, 0.25) is 11.8 Å². The van der Waals surface area contributed by atoms with E-state index in [4.69, 9.17) is 0 Å². The number of amides is 3. The Kier molecular flexibility index (Phi) is 6.99. The first-order valence-corrected chi connectivity index (χ1v) is 13.2. The first-order chi connectivity index (χ1) is 17.5. The van der Waals surface area contributed by atoms with E-state index in [1.807, 2.05) is 46.2 Å². The molecule has 36 heavy (non-hydrogen) atoms. The molecule has 0 radical (unpaired) electrons. The molecule has 5 rings (SSSR count). The Hall–Kier alpha value is -3.35. The van der Waals surface area contributed by atoms with Gasteiger partial charge in [-0.15, -0.1) is 0 Å². The van der Waals surface area contributed by atoms with E-state index in [0.29, 0.717) is 38.5 Å². The highest BCUT2D eigenvalue weighted by atomic mass is 16.2. The van der Waals surface area contributed by atoms with Crippen molar-refractivity contribution in [2.75, 3.05) is 44.3 Å². The number of carbonyl (C=O) groups is 3. The monoisotopic (exact) mass is 488 g/mol. The van der Waals surface area contributed by atoms with E-state index in [9.17, 15) is 14.4 Å². The highest BCUT2D eigenvalue weighted by Gasteiger charge is 2.54. The number of carbonyl (C=O) groups excluding carboxylic acids is 3. The SMILES string of the molecule is CC(=O)N1CCC2(CC1)C(=O)N(CC(=O)N1CCC(Cc3ccccc3)CC1)CN2c1ccccc1. The van der Waals surface area contributed by atoms with Gasteiger partial charge in [0.1, 0.15) is 12.1 Å². The summed E-state index contributed by atoms with van der Waals surface area (Å²) in [5.74, 6) is 0.687. The van der Waals surface area contributed by atoms with Crippen LogP contribution >= 0.6 is 0 Å². The fourth-order valence-electron chi connectivity index (χ4n) is 6.11. The van der Waals surface area contributed by atoms with E-state index in [-0.39, 0.29) is 24.3 Å². The molecule has 3 saturated heterocycles. The molecule has 3 aliphatic heterocycles. The van der Waals surface area contributed by atoms with Crippen molar-refractivity contribution in [3.8, 4) is 0 Å². The minimum absolute atomic E-state index is 0.0156. The Labute approximate surface area is 213 Å². The summed E-state index contributed by atoms with van der Waals surface area (Å²) in [5.41, 5.74) is 1.64. The van der Waals surface area contributed by atoms with Gasteiger partial charge in [0.05, 0.1) is 6.67 Å². The lowest BCUT2D eigenvalue weighted by atomic mass is 9.85. The van der Waals surface area contributed by atoms with E-state index in [1.165, 1.54) is 5.56 Å². The Morgan fingerprint density at radius 2 is 1.47 bits per heavy atom. The first kappa shape index (κ1) is 24.3. The van der Waals surface area contributed by atoms with Gasteiger partial charge in [0, 0.05) is 38.8 Å². The first-order valence-electron chi connectivity index (χ1n) is 13.2. The molecule has 3 heterocycles. The van der Waals surface area contributed by atoms with Gasteiger partial charge in [-0.1, -0.05) is 48.5 Å². The minimum Gasteiger partial charge on any atom is -0.343 e. The fraction of sp³-hybridized carbons (Fsp3) is 0.483. The molecule has 0 atom stereocenters. The standard InChI is InChI=1S/C29H36N4O3/c1-23(34)30-18-14-29(15-19-30)28(36)32(22-33(29)26-10-6-3-7-11-26)21-27(35)31-16-12-25(13-17-31)20-24-8-4-2-5-9-24/h2-11,25H,12-22H2,1H3. The van der Waals surface area contributed by atoms with Crippen LogP contribution in [0.4, 0.5) is 5.69 Å². The summed E-state index contributed by atoms with van der Waals surface area (Å²) in [6, 6.07) is 20.5. The summed E-state index contributed by atoms with van der Waals surface area (Å²) < 4.78 is 0. The largest absolute Gasteiger partial charge is 0.343 e. The van der Waals surface area contributed by atoms with Crippen molar-refractivity contribution in [3.63, 3.8) is 0 Å². The van der Waals surface area contributed by atoms with Crippen LogP contribution in [0.3, 0.4) is 0 Å². The molecule has 3 amide bonds. The quantitative estimate of drug-likeness (QED) is 0.649. The van der Waals surface area contributed by atoms with Gasteiger partial charge in [-0.2, -0.15) is 0 Å². The van der Waals surface area contributed by atoms with Crippen molar-refractivity contribution in [2.45, 2.75) is 44.6 Å². The third-order valence-corrected chi connectivity index (χ3v) is 8.28. The Morgan fingerprint density at radius 3 is 2.08 bits per heavy atom. The van der Waals surface area contributed by atoms with Crippen LogP contribution in [0.15, 0.2) is 60.7 Å². The number of nitrogens with zero attached hydrogens (tertiary/aromatic N) is 4. The number of piperidine rings is 2. The van der Waals surface area contributed by atoms with E-state index in [2.05, 4.69) is 29.2 Å². The van der Waals surface area contributed by atoms with Gasteiger partial charge in [-0.25, -0.2) is 0 Å². The van der Waals surface area contributed by atoms with Crippen LogP contribution in [0, 0.1) is 5.92 Å². The van der Waals surface area contributed by atoms with Gasteiger partial charge in [0.15, 0.2) is 0 Å². The maximum absolute atomic E-state index is 13.8. The normalized spacial score (nSPS) is 20.3. The molecule has 0 unspecified atom stereocenters. The van der Waals surface area contributed by atoms with E-state index >= 15 is 0 Å². The number of likely N-dealkylation sites (tertiary alicyclic amines) is 2. The third kappa shape index (κ3) is 4.84. The van der Waals surface area contributed by atoms with Crippen LogP contribution in [-0.2, 0) is 20.8 Å². The summed E-state index contributed by atoms with van der Waals surface area (Å²) in [4.78, 5) is 46.7. The van der Waals surface area contributed by atoms with Gasteiger partial charge < -0.3 is 19.6 Å². The maximum Gasteiger partial charge on any atom is 0.250 e. The lowest BCUT2D eigenvalue weighted by Gasteiger charge is -2.43. The molecular weight excluding hydrogens is 452 g/mol. The average molecular weight is 489 g/mol. The average Bonchev–Trinajstić information content (AvgIpc) is 3.16. The molecule has 0 saturated carbocycles. The number of hydrogen-bond donors (Lipinski definition) is 0. The van der Waals surface area contributed by atoms with Crippen molar-refractivity contribution in [3.05, 3.63) is 66.2 Å². The fourth-order valence-corrected chi connectivity index (χ4v) is 6.11. The smallest absolute Gasteiger partial charge is 0.250 e. The second kappa shape index (κ2) is 10.3. The van der Waals surface area contributed by atoms with Crippen molar-refractivity contribution in [2.24, 2.45) is 5.92 Å². The molecule has 2 aromatic rings. The van der Waals surface area contributed by atoms with E-state index < -0.39 is 5.54 Å². The molecule has 190 valence electrons. The second-order valence-corrected chi connectivity index (χ2v) is 10.5. The second-order valence-electron chi connectivity index (χ2n) is 10.5. The van der Waals surface area contributed by atoms with Crippen LogP contribution in [0.2, 0.25) is 0 Å². The highest BCUT2D eigenvalue weighted by molar-refractivity contribution is 5.96. The predicted octanol–water partition coefficient (Wildman–Crippen LogP) is 3.16. The molecule has 0 aliphatic carbocycles. The van der Waals surface area contributed by atoms with Crippen molar-refractivity contribution in [1.29, 1.82) is 0 Å². The van der Waals surface area contributed by atoms with Crippen LogP contribution in [-0.4, -0.2) is 77.4 Å². The predicted molar refractivity (Wildman–Crippen MR) is 139 cm³/mol. The van der Waals surface area contributed by atoms with Crippen LogP contribution in [0.25, 0.3) is 0 Å². The summed E-state index contributed by atoms with van der Waals surface area (Å²) in [6.45, 7) is 4.71. The van der Waals surface area contributed by atoms with Crippen molar-refractivity contribution in [1.82, 2.24) is 14.7 Å². The zero-order chi connectivity index (χ0) is 25.1. The summed E-state index contributed by atoms with van der Waals surface area (Å²) >= 11 is 0. The van der Waals surface area contributed by atoms with Crippen molar-refractivity contribution >= 4 is 23.4 Å². The molecule has 1 spiro atoms. The van der Waals surface area contributed by atoms with Crippen LogP contribution in [0.5, 0.6) is 0 Å². The Bertz CT molecular complexity index is 1070. The zero-order valence-corrected chi connectivity index (χ0v) is 21.1. The minimum atomic E-state index is -0.698. The Morgan fingerprint density at radius 1 is 0.861 bits per heavy atom. The molecule has 0 N–H and O–H groups in total. The van der Waals surface area contributed by atoms with Gasteiger partial charge in [0.25, 0.3) is 5.91 Å². The number of anilines is 1. The molecule has 7 nitrogen and oxygen atoms in total. The summed E-state index contributed by atoms with van der Waals surface area (Å²) in [7, 11) is 0. The lowest BCUT2D eigenvalue weighted by Crippen LogP contribution is -2.57. The topological polar surface area (TPSA) is 64.2 Å². The van der Waals surface area contributed by atoms with Crippen molar-refractivity contribution < 1.29 is 14.4 Å². The Balaban J connectivity index is 1.24. The van der Waals surface area contributed by atoms with E-state index in [0.717, 1.165) is 38.0 Å². The van der Waals surface area contributed by atoms with E-state index in [1.54, 1.807) is 11.8 Å². The van der Waals surface area contributed by atoms with Gasteiger partial charge in [-0.3, -0.25) is 14.4 Å². The number of hydrogen-bond acceptors (Lipinski definition) is 4. The zero-order valence-electron chi connectivity index (χ0n) is 21.1. The van der Waals surface area contributed by atoms with Crippen LogP contribution < -0.4 is 4.90 Å². The molecule has 0 aromatic heterocycles. The molecular formula is C29H36N4O3. The number of rotatable bonds is 5. The molecule has 7 heteroatoms. The molecule has 3 fully saturated rings. The maximum atomic E-state index is 13.8. The van der Waals surface area contributed by atoms with Crippen LogP contribution in [0.1, 0.15) is 38.2 Å². The lowest BCUT2D eigenvalue weighted by molar-refractivity contribution is -0.142. The summed E-state index contributed by atoms with van der Waals surface area (Å²) in [6.07, 6.45) is 4.20. The number of para-hydroxylation sites is 1. The molecule has 2 aromatic carbocycles. The van der Waals surface area contributed by atoms with Gasteiger partial charge >= 0.3 is 0 Å².